The van der Waals surface area contributed by atoms with E-state index in [0.717, 1.165) is 17.7 Å². The smallest absolute Gasteiger partial charge is 0.432 e. The van der Waals surface area contributed by atoms with Crippen LogP contribution in [0.2, 0.25) is 0 Å². The summed E-state index contributed by atoms with van der Waals surface area (Å²) in [7, 11) is 0. The standard InChI is InChI=1S/C14H16N2O5/c1-2-10-3-4-11(15-9-10)7-8-20-14(19)21-16-12(17)5-6-13(16)18/h3-4,9H,2,5-8H2,1H3. The van der Waals surface area contributed by atoms with Gasteiger partial charge in [-0.1, -0.05) is 18.1 Å². The molecular weight excluding hydrogens is 276 g/mol. The zero-order valence-electron chi connectivity index (χ0n) is 11.7. The zero-order chi connectivity index (χ0) is 15.2. The number of carbonyl (C=O) groups excluding carboxylic acids is 3. The predicted molar refractivity (Wildman–Crippen MR) is 70.8 cm³/mol. The first-order valence-corrected chi connectivity index (χ1v) is 6.74. The Morgan fingerprint density at radius 2 is 2.00 bits per heavy atom. The first kappa shape index (κ1) is 15.0. The van der Waals surface area contributed by atoms with Crippen molar-refractivity contribution in [3.05, 3.63) is 29.6 Å². The highest BCUT2D eigenvalue weighted by Crippen LogP contribution is 2.12. The van der Waals surface area contributed by atoms with Gasteiger partial charge in [0.05, 0.1) is 0 Å². The van der Waals surface area contributed by atoms with Crippen molar-refractivity contribution >= 4 is 18.0 Å². The summed E-state index contributed by atoms with van der Waals surface area (Å²) in [6.07, 6.45) is 2.16. The van der Waals surface area contributed by atoms with Crippen molar-refractivity contribution in [2.75, 3.05) is 6.61 Å². The lowest BCUT2D eigenvalue weighted by atomic mass is 10.2. The number of nitrogens with zero attached hydrogens (tertiary/aromatic N) is 2. The van der Waals surface area contributed by atoms with Crippen molar-refractivity contribution in [2.45, 2.75) is 32.6 Å². The molecule has 1 aliphatic heterocycles. The minimum Gasteiger partial charge on any atom is -0.432 e. The Morgan fingerprint density at radius 3 is 2.57 bits per heavy atom. The number of hydroxylamine groups is 2. The van der Waals surface area contributed by atoms with E-state index in [1.807, 2.05) is 19.1 Å². The van der Waals surface area contributed by atoms with Crippen molar-refractivity contribution in [2.24, 2.45) is 0 Å². The number of amides is 2. The maximum Gasteiger partial charge on any atom is 0.533 e. The maximum atomic E-state index is 11.4. The van der Waals surface area contributed by atoms with E-state index in [-0.39, 0.29) is 19.4 Å². The van der Waals surface area contributed by atoms with Crippen LogP contribution in [0.1, 0.15) is 31.0 Å². The molecule has 2 amide bonds. The Hall–Kier alpha value is -2.44. The summed E-state index contributed by atoms with van der Waals surface area (Å²) in [6, 6.07) is 3.82. The molecule has 0 atom stereocenters. The molecule has 2 rings (SSSR count). The van der Waals surface area contributed by atoms with E-state index in [1.165, 1.54) is 0 Å². The van der Waals surface area contributed by atoms with Crippen LogP contribution in [0, 0.1) is 0 Å². The summed E-state index contributed by atoms with van der Waals surface area (Å²) in [5.41, 5.74) is 1.92. The molecule has 1 aliphatic rings. The van der Waals surface area contributed by atoms with Gasteiger partial charge in [-0.25, -0.2) is 4.79 Å². The predicted octanol–water partition coefficient (Wildman–Crippen LogP) is 1.40. The monoisotopic (exact) mass is 292 g/mol. The number of aromatic nitrogens is 1. The molecule has 0 bridgehead atoms. The zero-order valence-corrected chi connectivity index (χ0v) is 11.7. The molecular formula is C14H16N2O5. The molecule has 0 radical (unpaired) electrons. The summed E-state index contributed by atoms with van der Waals surface area (Å²) in [5, 5.41) is 0.455. The van der Waals surface area contributed by atoms with Crippen LogP contribution in [0.5, 0.6) is 0 Å². The van der Waals surface area contributed by atoms with Gasteiger partial charge < -0.3 is 4.74 Å². The van der Waals surface area contributed by atoms with Crippen molar-refractivity contribution in [1.82, 2.24) is 10.0 Å². The molecule has 0 aromatic carbocycles. The van der Waals surface area contributed by atoms with Crippen LogP contribution < -0.4 is 0 Å². The fraction of sp³-hybridized carbons (Fsp3) is 0.429. The van der Waals surface area contributed by atoms with Gasteiger partial charge in [-0.05, 0) is 18.1 Å². The van der Waals surface area contributed by atoms with E-state index in [1.54, 1.807) is 6.20 Å². The highest BCUT2D eigenvalue weighted by Gasteiger charge is 2.33. The van der Waals surface area contributed by atoms with Crippen LogP contribution in [0.25, 0.3) is 0 Å². The quantitative estimate of drug-likeness (QED) is 0.602. The number of carbonyl (C=O) groups is 3. The second-order valence-electron chi connectivity index (χ2n) is 4.53. The van der Waals surface area contributed by atoms with E-state index in [0.29, 0.717) is 11.5 Å². The Labute approximate surface area is 121 Å². The molecule has 7 heteroatoms. The number of imide groups is 1. The molecule has 0 aliphatic carbocycles. The van der Waals surface area contributed by atoms with Gasteiger partial charge in [0.15, 0.2) is 0 Å². The van der Waals surface area contributed by atoms with E-state index >= 15 is 0 Å². The fourth-order valence-electron chi connectivity index (χ4n) is 1.81. The maximum absolute atomic E-state index is 11.4. The third-order valence-electron chi connectivity index (χ3n) is 3.04. The molecule has 2 heterocycles. The van der Waals surface area contributed by atoms with Gasteiger partial charge in [-0.15, -0.1) is 0 Å². The van der Waals surface area contributed by atoms with E-state index in [9.17, 15) is 14.4 Å². The van der Waals surface area contributed by atoms with Crippen LogP contribution in [0.15, 0.2) is 18.3 Å². The summed E-state index contributed by atoms with van der Waals surface area (Å²) in [4.78, 5) is 42.6. The Bertz CT molecular complexity index is 525. The number of hydrogen-bond acceptors (Lipinski definition) is 6. The van der Waals surface area contributed by atoms with Crippen LogP contribution in [-0.2, 0) is 32.0 Å². The van der Waals surface area contributed by atoms with Crippen molar-refractivity contribution in [3.8, 4) is 0 Å². The summed E-state index contributed by atoms with van der Waals surface area (Å²) in [5.74, 6) is -1.07. The number of rotatable bonds is 5. The molecule has 1 saturated heterocycles. The first-order valence-electron chi connectivity index (χ1n) is 6.74. The highest BCUT2D eigenvalue weighted by molar-refractivity contribution is 6.01. The van der Waals surface area contributed by atoms with Crippen molar-refractivity contribution in [1.29, 1.82) is 0 Å². The summed E-state index contributed by atoms with van der Waals surface area (Å²) < 4.78 is 4.81. The molecule has 1 fully saturated rings. The summed E-state index contributed by atoms with van der Waals surface area (Å²) >= 11 is 0. The first-order chi connectivity index (χ1) is 10.1. The normalized spacial score (nSPS) is 14.4. The average molecular weight is 292 g/mol. The van der Waals surface area contributed by atoms with Crippen molar-refractivity contribution < 1.29 is 24.0 Å². The largest absolute Gasteiger partial charge is 0.533 e. The van der Waals surface area contributed by atoms with Gasteiger partial charge in [-0.3, -0.25) is 19.4 Å². The third-order valence-corrected chi connectivity index (χ3v) is 3.04. The molecule has 0 unspecified atom stereocenters. The third kappa shape index (κ3) is 4.01. The van der Waals surface area contributed by atoms with Gasteiger partial charge in [0.25, 0.3) is 11.8 Å². The second kappa shape index (κ2) is 6.83. The lowest BCUT2D eigenvalue weighted by Crippen LogP contribution is -2.32. The molecule has 0 saturated carbocycles. The van der Waals surface area contributed by atoms with E-state index in [2.05, 4.69) is 9.82 Å². The van der Waals surface area contributed by atoms with E-state index < -0.39 is 18.0 Å². The molecule has 21 heavy (non-hydrogen) atoms. The molecule has 7 nitrogen and oxygen atoms in total. The molecule has 1 aromatic rings. The van der Waals surface area contributed by atoms with Crippen LogP contribution in [-0.4, -0.2) is 34.6 Å². The average Bonchev–Trinajstić information content (AvgIpc) is 2.80. The topological polar surface area (TPSA) is 85.8 Å². The van der Waals surface area contributed by atoms with Crippen LogP contribution in [0.4, 0.5) is 4.79 Å². The number of pyridine rings is 1. The minimum atomic E-state index is -1.07. The second-order valence-corrected chi connectivity index (χ2v) is 4.53. The van der Waals surface area contributed by atoms with Gasteiger partial charge >= 0.3 is 6.16 Å². The lowest BCUT2D eigenvalue weighted by Gasteiger charge is -2.12. The van der Waals surface area contributed by atoms with Crippen LogP contribution >= 0.6 is 0 Å². The van der Waals surface area contributed by atoms with Gasteiger partial charge in [0.1, 0.15) is 6.61 Å². The molecule has 0 N–H and O–H groups in total. The van der Waals surface area contributed by atoms with Crippen molar-refractivity contribution in [3.63, 3.8) is 0 Å². The highest BCUT2D eigenvalue weighted by atomic mass is 16.8. The minimum absolute atomic E-state index is 0.0554. The lowest BCUT2D eigenvalue weighted by molar-refractivity contribution is -0.177. The van der Waals surface area contributed by atoms with Gasteiger partial charge in [0, 0.05) is 31.2 Å². The van der Waals surface area contributed by atoms with Gasteiger partial charge in [-0.2, -0.15) is 0 Å². The Balaban J connectivity index is 1.73. The molecule has 0 spiro atoms. The number of aryl methyl sites for hydroxylation is 1. The summed E-state index contributed by atoms with van der Waals surface area (Å²) in [6.45, 7) is 2.10. The Morgan fingerprint density at radius 1 is 1.29 bits per heavy atom. The SMILES string of the molecule is CCc1ccc(CCOC(=O)ON2C(=O)CCC2=O)nc1. The number of hydrogen-bond donors (Lipinski definition) is 0. The van der Waals surface area contributed by atoms with Gasteiger partial charge in [0.2, 0.25) is 0 Å². The Kier molecular flexibility index (Phi) is 4.86. The fourth-order valence-corrected chi connectivity index (χ4v) is 1.81. The van der Waals surface area contributed by atoms with Crippen LogP contribution in [0.3, 0.4) is 0 Å². The molecule has 1 aromatic heterocycles. The van der Waals surface area contributed by atoms with E-state index in [4.69, 9.17) is 4.74 Å². The number of ether oxygens (including phenoxy) is 1. The molecule has 112 valence electrons.